The molecule has 1 N–H and O–H groups in total. The van der Waals surface area contributed by atoms with Gasteiger partial charge < -0.3 is 28.8 Å². The molecule has 0 aromatic carbocycles. The molecule has 0 fully saturated rings. The number of hydrogen-bond donors (Lipinski definition) is 1. The fraction of sp³-hybridized carbons (Fsp3) is 0.760. The molecule has 0 aromatic heterocycles. The lowest BCUT2D eigenvalue weighted by atomic mass is 10.00. The van der Waals surface area contributed by atoms with Crippen LogP contribution in [0, 0.1) is 0 Å². The highest BCUT2D eigenvalue weighted by molar-refractivity contribution is 5.72. The molecule has 4 atom stereocenters. The average molecular weight is 503 g/mol. The number of allylic oxidation sites excluding steroid dienone is 1. The molecule has 0 aliphatic heterocycles. The van der Waals surface area contributed by atoms with Crippen molar-refractivity contribution >= 4 is 23.9 Å². The number of hydrogen-bond acceptors (Lipinski definition) is 10. The first-order valence-electron chi connectivity index (χ1n) is 12.3. The molecule has 0 aromatic rings. The molecule has 10 heteroatoms. The van der Waals surface area contributed by atoms with Crippen LogP contribution < -0.4 is 0 Å². The Morgan fingerprint density at radius 2 is 1.14 bits per heavy atom. The molecule has 0 spiro atoms. The van der Waals surface area contributed by atoms with Crippen molar-refractivity contribution in [2.75, 3.05) is 13.7 Å². The van der Waals surface area contributed by atoms with E-state index in [4.69, 9.17) is 23.7 Å². The number of carbonyl (C=O) groups is 4. The molecule has 10 nitrogen and oxygen atoms in total. The summed E-state index contributed by atoms with van der Waals surface area (Å²) in [5.41, 5.74) is 0. The summed E-state index contributed by atoms with van der Waals surface area (Å²) in [6.45, 7) is 8.27. The quantitative estimate of drug-likeness (QED) is 0.169. The summed E-state index contributed by atoms with van der Waals surface area (Å²) in [4.78, 5) is 49.2. The van der Waals surface area contributed by atoms with Crippen LogP contribution >= 0.6 is 0 Å². The molecule has 0 heterocycles. The van der Waals surface area contributed by atoms with Crippen LogP contribution in [0.25, 0.3) is 0 Å². The van der Waals surface area contributed by atoms with Crippen molar-refractivity contribution in [1.82, 2.24) is 0 Å². The zero-order chi connectivity index (χ0) is 26.8. The molecular formula is C25H42O10. The highest BCUT2D eigenvalue weighted by atomic mass is 16.6. The van der Waals surface area contributed by atoms with Gasteiger partial charge in [-0.15, -0.1) is 0 Å². The van der Waals surface area contributed by atoms with E-state index in [0.717, 1.165) is 0 Å². The van der Waals surface area contributed by atoms with Crippen LogP contribution in [0.1, 0.15) is 86.0 Å². The second kappa shape index (κ2) is 18.7. The van der Waals surface area contributed by atoms with E-state index in [1.807, 2.05) is 0 Å². The lowest BCUT2D eigenvalue weighted by Gasteiger charge is -2.35. The largest absolute Gasteiger partial charge is 0.497 e. The van der Waals surface area contributed by atoms with Crippen molar-refractivity contribution in [3.8, 4) is 0 Å². The van der Waals surface area contributed by atoms with Gasteiger partial charge >= 0.3 is 23.9 Å². The Kier molecular flexibility index (Phi) is 17.3. The molecule has 35 heavy (non-hydrogen) atoms. The van der Waals surface area contributed by atoms with Gasteiger partial charge in [-0.3, -0.25) is 19.2 Å². The van der Waals surface area contributed by atoms with E-state index < -0.39 is 54.9 Å². The topological polar surface area (TPSA) is 135 Å². The van der Waals surface area contributed by atoms with Gasteiger partial charge in [-0.05, 0) is 38.7 Å². The third-order valence-electron chi connectivity index (χ3n) is 4.83. The SMILES string of the molecule is C/C=C(/OC)[C@H](OC(=O)CCC)[C@@H](OC(=O)CCC)[C@H](OC(=O)CCC)[C@H](O)COC(=O)CCC. The first-order chi connectivity index (χ1) is 16.7. The van der Waals surface area contributed by atoms with E-state index in [-0.39, 0.29) is 31.4 Å². The van der Waals surface area contributed by atoms with Crippen LogP contribution in [0.5, 0.6) is 0 Å². The molecule has 0 rings (SSSR count). The fourth-order valence-electron chi connectivity index (χ4n) is 3.13. The summed E-state index contributed by atoms with van der Waals surface area (Å²) < 4.78 is 27.2. The Bertz CT molecular complexity index is 688. The maximum Gasteiger partial charge on any atom is 0.306 e. The standard InChI is InChI=1S/C25H42O10/c1-7-12-19(27)32-16-17(26)23(33-20(28)13-8-2)25(35-22(30)15-10-4)24(18(11-5)31-6)34-21(29)14-9-3/h11,17,23-26H,7-10,12-16H2,1-6H3/b18-11+/t17-,23-,24+,25+/m1/s1. The Labute approximate surface area is 208 Å². The Balaban J connectivity index is 6.38. The predicted molar refractivity (Wildman–Crippen MR) is 127 cm³/mol. The normalized spacial score (nSPS) is 14.8. The van der Waals surface area contributed by atoms with Crippen molar-refractivity contribution in [2.24, 2.45) is 0 Å². The van der Waals surface area contributed by atoms with Gasteiger partial charge in [0.05, 0.1) is 7.11 Å². The molecule has 0 saturated heterocycles. The van der Waals surface area contributed by atoms with E-state index in [1.165, 1.54) is 13.2 Å². The van der Waals surface area contributed by atoms with Crippen LogP contribution in [0.4, 0.5) is 0 Å². The Morgan fingerprint density at radius 1 is 0.714 bits per heavy atom. The molecule has 0 radical (unpaired) electrons. The molecule has 0 unspecified atom stereocenters. The maximum absolute atomic E-state index is 12.5. The highest BCUT2D eigenvalue weighted by Gasteiger charge is 2.44. The maximum atomic E-state index is 12.5. The predicted octanol–water partition coefficient (Wildman–Crippen LogP) is 3.38. The van der Waals surface area contributed by atoms with Gasteiger partial charge in [-0.25, -0.2) is 0 Å². The Morgan fingerprint density at radius 3 is 1.57 bits per heavy atom. The van der Waals surface area contributed by atoms with Crippen molar-refractivity contribution in [3.05, 3.63) is 11.8 Å². The zero-order valence-electron chi connectivity index (χ0n) is 21.9. The molecule has 0 aliphatic carbocycles. The van der Waals surface area contributed by atoms with Gasteiger partial charge in [0.1, 0.15) is 18.5 Å². The second-order valence-corrected chi connectivity index (χ2v) is 7.96. The minimum Gasteiger partial charge on any atom is -0.497 e. The van der Waals surface area contributed by atoms with E-state index in [0.29, 0.717) is 25.7 Å². The van der Waals surface area contributed by atoms with Crippen LogP contribution in [0.2, 0.25) is 0 Å². The van der Waals surface area contributed by atoms with Gasteiger partial charge in [-0.2, -0.15) is 0 Å². The van der Waals surface area contributed by atoms with Crippen LogP contribution in [0.15, 0.2) is 11.8 Å². The molecule has 0 aliphatic rings. The molecule has 202 valence electrons. The summed E-state index contributed by atoms with van der Waals surface area (Å²) >= 11 is 0. The lowest BCUT2D eigenvalue weighted by molar-refractivity contribution is -0.198. The monoisotopic (exact) mass is 502 g/mol. The van der Waals surface area contributed by atoms with Crippen LogP contribution in [0.3, 0.4) is 0 Å². The first-order valence-corrected chi connectivity index (χ1v) is 12.3. The number of esters is 4. The minimum absolute atomic E-state index is 0.0372. The molecule has 0 bridgehead atoms. The van der Waals surface area contributed by atoms with E-state index in [2.05, 4.69) is 0 Å². The number of carbonyl (C=O) groups excluding carboxylic acids is 4. The van der Waals surface area contributed by atoms with Crippen molar-refractivity contribution in [2.45, 2.75) is 110 Å². The molecule has 0 saturated carbocycles. The van der Waals surface area contributed by atoms with E-state index in [1.54, 1.807) is 34.6 Å². The number of ether oxygens (including phenoxy) is 5. The first kappa shape index (κ1) is 32.4. The lowest BCUT2D eigenvalue weighted by Crippen LogP contribution is -2.53. The van der Waals surface area contributed by atoms with Gasteiger partial charge in [0, 0.05) is 25.7 Å². The van der Waals surface area contributed by atoms with Gasteiger partial charge in [0.25, 0.3) is 0 Å². The van der Waals surface area contributed by atoms with E-state index >= 15 is 0 Å². The second-order valence-electron chi connectivity index (χ2n) is 7.96. The van der Waals surface area contributed by atoms with Crippen LogP contribution in [-0.4, -0.2) is 67.1 Å². The van der Waals surface area contributed by atoms with Gasteiger partial charge in [-0.1, -0.05) is 27.7 Å². The number of rotatable bonds is 18. The van der Waals surface area contributed by atoms with Crippen LogP contribution in [-0.2, 0) is 42.9 Å². The van der Waals surface area contributed by atoms with Gasteiger partial charge in [0.15, 0.2) is 18.3 Å². The number of methoxy groups -OCH3 is 1. The average Bonchev–Trinajstić information content (AvgIpc) is 2.80. The minimum atomic E-state index is -1.57. The smallest absolute Gasteiger partial charge is 0.306 e. The van der Waals surface area contributed by atoms with E-state index in [9.17, 15) is 24.3 Å². The zero-order valence-corrected chi connectivity index (χ0v) is 21.9. The van der Waals surface area contributed by atoms with Gasteiger partial charge in [0.2, 0.25) is 0 Å². The Hall–Kier alpha value is -2.62. The summed E-state index contributed by atoms with van der Waals surface area (Å²) in [5, 5.41) is 10.9. The summed E-state index contributed by atoms with van der Waals surface area (Å²) in [7, 11) is 1.35. The number of aliphatic hydroxyl groups is 1. The third-order valence-corrected chi connectivity index (χ3v) is 4.83. The number of aliphatic hydroxyl groups excluding tert-OH is 1. The summed E-state index contributed by atoms with van der Waals surface area (Å²) in [5.74, 6) is -2.30. The molecular weight excluding hydrogens is 460 g/mol. The van der Waals surface area contributed by atoms with Crippen molar-refractivity contribution in [1.29, 1.82) is 0 Å². The fourth-order valence-corrected chi connectivity index (χ4v) is 3.13. The summed E-state index contributed by atoms with van der Waals surface area (Å²) in [6.07, 6.45) is -2.01. The van der Waals surface area contributed by atoms with Crippen molar-refractivity contribution < 1.29 is 48.0 Å². The third kappa shape index (κ3) is 12.6. The highest BCUT2D eigenvalue weighted by Crippen LogP contribution is 2.24. The summed E-state index contributed by atoms with van der Waals surface area (Å²) in [6, 6.07) is 0. The molecule has 0 amide bonds. The van der Waals surface area contributed by atoms with Crippen molar-refractivity contribution in [3.63, 3.8) is 0 Å².